The Bertz CT molecular complexity index is 1680. The van der Waals surface area contributed by atoms with Crippen LogP contribution in [0.25, 0.3) is 10.9 Å². The van der Waals surface area contributed by atoms with Crippen molar-refractivity contribution >= 4 is 28.7 Å². The number of likely N-dealkylation sites (tertiary alicyclic amines) is 1. The zero-order valence-electron chi connectivity index (χ0n) is 22.2. The molecule has 3 N–H and O–H groups in total. The number of aromatic amines is 1. The topological polar surface area (TPSA) is 142 Å². The Hall–Kier alpha value is -4.99. The molecule has 3 aromatic carbocycles. The molecular formula is C31H30N4O6. The van der Waals surface area contributed by atoms with E-state index < -0.39 is 47.2 Å². The zero-order valence-corrected chi connectivity index (χ0v) is 22.2. The third-order valence-electron chi connectivity index (χ3n) is 7.44. The molecule has 0 unspecified atom stereocenters. The number of carbonyl (C=O) groups excluding carboxylic acids is 2. The van der Waals surface area contributed by atoms with E-state index in [0.717, 1.165) is 15.7 Å². The van der Waals surface area contributed by atoms with Crippen LogP contribution in [0.5, 0.6) is 0 Å². The second kappa shape index (κ2) is 12.0. The van der Waals surface area contributed by atoms with Gasteiger partial charge in [0, 0.05) is 19.4 Å². The van der Waals surface area contributed by atoms with Crippen LogP contribution >= 0.6 is 0 Å². The number of fused-ring (bicyclic) bond motifs is 1. The SMILES string of the molecule is O=C(O)[C@@H](Cc1ccccc1)NC(=O)[C@@H]1CCCN1C(=O)[C@H](Cc1ccccc1)n1c(=O)[nH]c2ccccc2c1=O. The van der Waals surface area contributed by atoms with Gasteiger partial charge in [-0.25, -0.2) is 14.2 Å². The molecule has 0 aliphatic carbocycles. The van der Waals surface area contributed by atoms with E-state index >= 15 is 0 Å². The van der Waals surface area contributed by atoms with Crippen LogP contribution in [0.1, 0.15) is 30.0 Å². The minimum Gasteiger partial charge on any atom is -0.480 e. The lowest BCUT2D eigenvalue weighted by Crippen LogP contribution is -2.54. The van der Waals surface area contributed by atoms with Gasteiger partial charge in [-0.1, -0.05) is 72.8 Å². The van der Waals surface area contributed by atoms with Crippen LogP contribution in [0.15, 0.2) is 94.5 Å². The number of hydrogen-bond donors (Lipinski definition) is 3. The highest BCUT2D eigenvalue weighted by atomic mass is 16.4. The molecule has 1 saturated heterocycles. The maximum Gasteiger partial charge on any atom is 0.329 e. The van der Waals surface area contributed by atoms with E-state index in [0.29, 0.717) is 18.4 Å². The average molecular weight is 555 g/mol. The molecule has 0 saturated carbocycles. The summed E-state index contributed by atoms with van der Waals surface area (Å²) >= 11 is 0. The number of carboxylic acids is 1. The van der Waals surface area contributed by atoms with Crippen LogP contribution in [0.2, 0.25) is 0 Å². The molecule has 4 aromatic rings. The second-order valence-corrected chi connectivity index (χ2v) is 10.1. The highest BCUT2D eigenvalue weighted by Crippen LogP contribution is 2.24. The molecule has 1 aliphatic rings. The van der Waals surface area contributed by atoms with Gasteiger partial charge in [0.25, 0.3) is 5.56 Å². The summed E-state index contributed by atoms with van der Waals surface area (Å²) in [7, 11) is 0. The lowest BCUT2D eigenvalue weighted by atomic mass is 10.0. The van der Waals surface area contributed by atoms with Crippen molar-refractivity contribution in [2.24, 2.45) is 0 Å². The molecule has 41 heavy (non-hydrogen) atoms. The Morgan fingerprint density at radius 1 is 0.878 bits per heavy atom. The van der Waals surface area contributed by atoms with Crippen molar-refractivity contribution in [3.05, 3.63) is 117 Å². The summed E-state index contributed by atoms with van der Waals surface area (Å²) in [6, 6.07) is 21.2. The molecule has 2 heterocycles. The Labute approximate surface area is 235 Å². The van der Waals surface area contributed by atoms with Gasteiger partial charge in [-0.05, 0) is 36.1 Å². The summed E-state index contributed by atoms with van der Waals surface area (Å²) in [5.41, 5.74) is 0.516. The highest BCUT2D eigenvalue weighted by molar-refractivity contribution is 5.92. The van der Waals surface area contributed by atoms with Crippen LogP contribution in [0.3, 0.4) is 0 Å². The fraction of sp³-hybridized carbons (Fsp3) is 0.258. The lowest BCUT2D eigenvalue weighted by molar-refractivity contribution is -0.144. The number of aliphatic carboxylic acids is 1. The molecule has 2 amide bonds. The largest absolute Gasteiger partial charge is 0.480 e. The highest BCUT2D eigenvalue weighted by Gasteiger charge is 2.40. The van der Waals surface area contributed by atoms with Crippen LogP contribution in [-0.2, 0) is 27.2 Å². The molecule has 1 aliphatic heterocycles. The summed E-state index contributed by atoms with van der Waals surface area (Å²) in [5, 5.41) is 12.6. The molecule has 0 radical (unpaired) electrons. The van der Waals surface area contributed by atoms with Gasteiger partial charge >= 0.3 is 11.7 Å². The van der Waals surface area contributed by atoms with E-state index in [2.05, 4.69) is 10.3 Å². The fourth-order valence-electron chi connectivity index (χ4n) is 5.40. The fourth-order valence-corrected chi connectivity index (χ4v) is 5.40. The summed E-state index contributed by atoms with van der Waals surface area (Å²) in [6.07, 6.45) is 0.982. The average Bonchev–Trinajstić information content (AvgIpc) is 3.47. The quantitative estimate of drug-likeness (QED) is 0.290. The Balaban J connectivity index is 1.46. The minimum absolute atomic E-state index is 0.0532. The molecule has 3 atom stereocenters. The Morgan fingerprint density at radius 3 is 2.15 bits per heavy atom. The lowest BCUT2D eigenvalue weighted by Gasteiger charge is -2.29. The van der Waals surface area contributed by atoms with E-state index in [1.165, 1.54) is 4.90 Å². The first-order valence-corrected chi connectivity index (χ1v) is 13.5. The predicted molar refractivity (Wildman–Crippen MR) is 152 cm³/mol. The molecule has 1 fully saturated rings. The molecule has 0 spiro atoms. The summed E-state index contributed by atoms with van der Waals surface area (Å²) in [6.45, 7) is 0.235. The summed E-state index contributed by atoms with van der Waals surface area (Å²) < 4.78 is 0.931. The van der Waals surface area contributed by atoms with Crippen LogP contribution < -0.4 is 16.6 Å². The monoisotopic (exact) mass is 554 g/mol. The molecular weight excluding hydrogens is 524 g/mol. The number of carboxylic acid groups (broad SMARTS) is 1. The number of para-hydroxylation sites is 1. The number of H-pyrrole nitrogens is 1. The van der Waals surface area contributed by atoms with Crippen molar-refractivity contribution in [2.45, 2.75) is 43.8 Å². The molecule has 10 nitrogen and oxygen atoms in total. The van der Waals surface area contributed by atoms with E-state index in [-0.39, 0.29) is 24.8 Å². The number of carbonyl (C=O) groups is 3. The van der Waals surface area contributed by atoms with E-state index in [1.54, 1.807) is 72.8 Å². The van der Waals surface area contributed by atoms with Crippen molar-refractivity contribution in [2.75, 3.05) is 6.54 Å². The van der Waals surface area contributed by atoms with Gasteiger partial charge in [0.05, 0.1) is 10.9 Å². The van der Waals surface area contributed by atoms with Gasteiger partial charge in [0.2, 0.25) is 11.8 Å². The minimum atomic E-state index is -1.22. The van der Waals surface area contributed by atoms with Gasteiger partial charge in [-0.3, -0.25) is 14.4 Å². The van der Waals surface area contributed by atoms with Gasteiger partial charge in [0.1, 0.15) is 18.1 Å². The van der Waals surface area contributed by atoms with Crippen LogP contribution in [0, 0.1) is 0 Å². The maximum absolute atomic E-state index is 14.1. The van der Waals surface area contributed by atoms with E-state index in [1.807, 2.05) is 12.1 Å². The Kier molecular flexibility index (Phi) is 8.09. The van der Waals surface area contributed by atoms with Crippen molar-refractivity contribution < 1.29 is 19.5 Å². The Morgan fingerprint density at radius 2 is 1.49 bits per heavy atom. The van der Waals surface area contributed by atoms with Gasteiger partial charge < -0.3 is 20.3 Å². The zero-order chi connectivity index (χ0) is 28.9. The molecule has 1 aromatic heterocycles. The van der Waals surface area contributed by atoms with E-state index in [4.69, 9.17) is 0 Å². The third-order valence-corrected chi connectivity index (χ3v) is 7.44. The standard InChI is InChI=1S/C31H30N4O6/c36-27(32-24(30(39)40)18-20-10-3-1-4-11-20)25-16-9-17-34(25)29(38)26(19-21-12-5-2-6-13-21)35-28(37)22-14-7-8-15-23(22)33-31(35)41/h1-8,10-15,24-26H,9,16-19H2,(H,32,36)(H,33,41)(H,39,40)/t24-,25+,26+/m1/s1. The van der Waals surface area contributed by atoms with Gasteiger partial charge in [-0.15, -0.1) is 0 Å². The van der Waals surface area contributed by atoms with Gasteiger partial charge in [0.15, 0.2) is 0 Å². The molecule has 210 valence electrons. The number of amides is 2. The molecule has 0 bridgehead atoms. The molecule has 5 rings (SSSR count). The van der Waals surface area contributed by atoms with Crippen molar-refractivity contribution in [1.82, 2.24) is 19.8 Å². The first-order chi connectivity index (χ1) is 19.8. The summed E-state index contributed by atoms with van der Waals surface area (Å²) in [4.78, 5) is 70.3. The normalized spacial score (nSPS) is 16.3. The van der Waals surface area contributed by atoms with Crippen molar-refractivity contribution in [1.29, 1.82) is 0 Å². The number of rotatable bonds is 9. The number of nitrogens with zero attached hydrogens (tertiary/aromatic N) is 2. The number of nitrogens with one attached hydrogen (secondary N) is 2. The predicted octanol–water partition coefficient (Wildman–Crippen LogP) is 2.28. The van der Waals surface area contributed by atoms with Crippen molar-refractivity contribution in [3.63, 3.8) is 0 Å². The molecule has 10 heteroatoms. The first-order valence-electron chi connectivity index (χ1n) is 13.5. The van der Waals surface area contributed by atoms with Crippen molar-refractivity contribution in [3.8, 4) is 0 Å². The smallest absolute Gasteiger partial charge is 0.329 e. The maximum atomic E-state index is 14.1. The van der Waals surface area contributed by atoms with Crippen LogP contribution in [-0.4, -0.2) is 56.0 Å². The first kappa shape index (κ1) is 27.6. The van der Waals surface area contributed by atoms with E-state index in [9.17, 15) is 29.1 Å². The van der Waals surface area contributed by atoms with Gasteiger partial charge in [-0.2, -0.15) is 0 Å². The second-order valence-electron chi connectivity index (χ2n) is 10.1. The summed E-state index contributed by atoms with van der Waals surface area (Å²) in [5.74, 6) is -2.32. The number of benzene rings is 3. The van der Waals surface area contributed by atoms with Crippen LogP contribution in [0.4, 0.5) is 0 Å². The number of aromatic nitrogens is 2. The third kappa shape index (κ3) is 5.96. The number of hydrogen-bond acceptors (Lipinski definition) is 5.